The van der Waals surface area contributed by atoms with Crippen molar-refractivity contribution in [3.8, 4) is 0 Å². The Bertz CT molecular complexity index is 874. The van der Waals surface area contributed by atoms with Crippen LogP contribution in [0.1, 0.15) is 36.2 Å². The molecular formula is C24H30ClN3O2. The zero-order valence-electron chi connectivity index (χ0n) is 17.9. The lowest BCUT2D eigenvalue weighted by molar-refractivity contribution is -0.134. The average Bonchev–Trinajstić information content (AvgIpc) is 2.73. The van der Waals surface area contributed by atoms with Gasteiger partial charge in [0.2, 0.25) is 5.91 Å². The van der Waals surface area contributed by atoms with Crippen molar-refractivity contribution in [1.29, 1.82) is 0 Å². The van der Waals surface area contributed by atoms with E-state index in [1.807, 2.05) is 17.0 Å². The molecule has 1 fully saturated rings. The van der Waals surface area contributed by atoms with Gasteiger partial charge < -0.3 is 15.1 Å². The van der Waals surface area contributed by atoms with Crippen molar-refractivity contribution in [2.24, 2.45) is 5.92 Å². The lowest BCUT2D eigenvalue weighted by Gasteiger charge is -2.38. The fourth-order valence-electron chi connectivity index (χ4n) is 3.84. The van der Waals surface area contributed by atoms with Gasteiger partial charge in [0, 0.05) is 42.5 Å². The molecule has 2 amide bonds. The number of carbonyl (C=O) groups excluding carboxylic acids is 2. The molecule has 1 aliphatic rings. The Morgan fingerprint density at radius 1 is 1.00 bits per heavy atom. The molecule has 0 aromatic heterocycles. The Labute approximate surface area is 184 Å². The van der Waals surface area contributed by atoms with Crippen LogP contribution in [0, 0.1) is 12.8 Å². The van der Waals surface area contributed by atoms with Gasteiger partial charge in [0.1, 0.15) is 6.04 Å². The zero-order chi connectivity index (χ0) is 21.7. The molecule has 1 aliphatic heterocycles. The van der Waals surface area contributed by atoms with Crippen LogP contribution in [0.4, 0.5) is 5.69 Å². The van der Waals surface area contributed by atoms with Crippen molar-refractivity contribution in [3.05, 3.63) is 64.7 Å². The minimum absolute atomic E-state index is 0.00422. The van der Waals surface area contributed by atoms with Gasteiger partial charge in [-0.25, -0.2) is 0 Å². The standard InChI is InChI=1S/C24H30ClN3O2/c1-17(2)16-21(26-23(29)19-8-10-20(25)11-9-19)24(30)28-14-12-27(13-15-28)22-7-5-4-6-18(22)3/h4-11,17,21H,12-16H2,1-3H3,(H,26,29)/t21-/m1/s1. The number of carbonyl (C=O) groups is 2. The second-order valence-electron chi connectivity index (χ2n) is 8.26. The van der Waals surface area contributed by atoms with Gasteiger partial charge in [-0.3, -0.25) is 9.59 Å². The van der Waals surface area contributed by atoms with Crippen LogP contribution in [0.5, 0.6) is 0 Å². The van der Waals surface area contributed by atoms with Crippen molar-refractivity contribution in [1.82, 2.24) is 10.2 Å². The quantitative estimate of drug-likeness (QED) is 0.753. The third-order valence-corrected chi connectivity index (χ3v) is 5.72. The number of para-hydroxylation sites is 1. The molecule has 3 rings (SSSR count). The van der Waals surface area contributed by atoms with Crippen LogP contribution in [0.15, 0.2) is 48.5 Å². The van der Waals surface area contributed by atoms with Gasteiger partial charge in [0.15, 0.2) is 0 Å². The van der Waals surface area contributed by atoms with Gasteiger partial charge in [-0.15, -0.1) is 0 Å². The van der Waals surface area contributed by atoms with Crippen LogP contribution in [-0.4, -0.2) is 48.9 Å². The summed E-state index contributed by atoms with van der Waals surface area (Å²) >= 11 is 5.91. The fraction of sp³-hybridized carbons (Fsp3) is 0.417. The maximum atomic E-state index is 13.2. The van der Waals surface area contributed by atoms with Crippen LogP contribution in [-0.2, 0) is 4.79 Å². The summed E-state index contributed by atoms with van der Waals surface area (Å²) in [5.41, 5.74) is 2.97. The number of hydrogen-bond donors (Lipinski definition) is 1. The molecule has 0 radical (unpaired) electrons. The summed E-state index contributed by atoms with van der Waals surface area (Å²) in [6, 6.07) is 14.5. The molecular weight excluding hydrogens is 398 g/mol. The number of nitrogens with zero attached hydrogens (tertiary/aromatic N) is 2. The van der Waals surface area contributed by atoms with Gasteiger partial charge in [-0.1, -0.05) is 43.6 Å². The predicted molar refractivity (Wildman–Crippen MR) is 122 cm³/mol. The second-order valence-corrected chi connectivity index (χ2v) is 8.70. The van der Waals surface area contributed by atoms with E-state index in [4.69, 9.17) is 11.6 Å². The van der Waals surface area contributed by atoms with Crippen LogP contribution in [0.2, 0.25) is 5.02 Å². The highest BCUT2D eigenvalue weighted by Crippen LogP contribution is 2.21. The molecule has 1 heterocycles. The van der Waals surface area contributed by atoms with Gasteiger partial charge in [0.05, 0.1) is 0 Å². The third kappa shape index (κ3) is 5.54. The van der Waals surface area contributed by atoms with Crippen molar-refractivity contribution in [2.75, 3.05) is 31.1 Å². The second kappa shape index (κ2) is 9.98. The number of rotatable bonds is 6. The Morgan fingerprint density at radius 3 is 2.23 bits per heavy atom. The first-order valence-corrected chi connectivity index (χ1v) is 10.9. The maximum Gasteiger partial charge on any atom is 0.251 e. The predicted octanol–water partition coefficient (Wildman–Crippen LogP) is 4.14. The number of halogens is 1. The summed E-state index contributed by atoms with van der Waals surface area (Å²) in [7, 11) is 0. The average molecular weight is 428 g/mol. The molecule has 0 spiro atoms. The zero-order valence-corrected chi connectivity index (χ0v) is 18.7. The molecule has 0 aliphatic carbocycles. The number of anilines is 1. The first kappa shape index (κ1) is 22.2. The Hall–Kier alpha value is -2.53. The number of nitrogens with one attached hydrogen (secondary N) is 1. The first-order chi connectivity index (χ1) is 14.3. The monoisotopic (exact) mass is 427 g/mol. The van der Waals surface area contributed by atoms with Crippen molar-refractivity contribution < 1.29 is 9.59 Å². The molecule has 0 saturated carbocycles. The summed E-state index contributed by atoms with van der Waals surface area (Å²) in [6.07, 6.45) is 0.607. The number of aryl methyl sites for hydroxylation is 1. The van der Waals surface area contributed by atoms with Gasteiger partial charge in [-0.05, 0) is 55.2 Å². The summed E-state index contributed by atoms with van der Waals surface area (Å²) in [6.45, 7) is 9.11. The Morgan fingerprint density at radius 2 is 1.63 bits per heavy atom. The Balaban J connectivity index is 1.64. The van der Waals surface area contributed by atoms with Crippen molar-refractivity contribution >= 4 is 29.1 Å². The molecule has 160 valence electrons. The lowest BCUT2D eigenvalue weighted by Crippen LogP contribution is -2.55. The smallest absolute Gasteiger partial charge is 0.251 e. The highest BCUT2D eigenvalue weighted by Gasteiger charge is 2.29. The first-order valence-electron chi connectivity index (χ1n) is 10.5. The van der Waals surface area contributed by atoms with E-state index in [0.717, 1.165) is 13.1 Å². The van der Waals surface area contributed by atoms with Gasteiger partial charge in [0.25, 0.3) is 5.91 Å². The van der Waals surface area contributed by atoms with Crippen LogP contribution < -0.4 is 10.2 Å². The van der Waals surface area contributed by atoms with E-state index in [0.29, 0.717) is 30.1 Å². The minimum Gasteiger partial charge on any atom is -0.368 e. The molecule has 0 bridgehead atoms. The van der Waals surface area contributed by atoms with E-state index >= 15 is 0 Å². The molecule has 1 saturated heterocycles. The van der Waals surface area contributed by atoms with Crippen LogP contribution in [0.25, 0.3) is 0 Å². The molecule has 5 nitrogen and oxygen atoms in total. The topological polar surface area (TPSA) is 52.6 Å². The van der Waals surface area contributed by atoms with Crippen LogP contribution >= 0.6 is 11.6 Å². The lowest BCUT2D eigenvalue weighted by atomic mass is 10.0. The maximum absolute atomic E-state index is 13.2. The summed E-state index contributed by atoms with van der Waals surface area (Å²) in [5, 5.41) is 3.52. The molecule has 2 aromatic carbocycles. The van der Waals surface area contributed by atoms with Gasteiger partial charge in [-0.2, -0.15) is 0 Å². The fourth-order valence-corrected chi connectivity index (χ4v) is 3.97. The highest BCUT2D eigenvalue weighted by atomic mass is 35.5. The Kier molecular flexibility index (Phi) is 7.38. The SMILES string of the molecule is Cc1ccccc1N1CCN(C(=O)[C@@H](CC(C)C)NC(=O)c2ccc(Cl)cc2)CC1. The van der Waals surface area contributed by atoms with Crippen LogP contribution in [0.3, 0.4) is 0 Å². The number of amides is 2. The minimum atomic E-state index is -0.529. The normalized spacial score (nSPS) is 15.2. The highest BCUT2D eigenvalue weighted by molar-refractivity contribution is 6.30. The molecule has 1 N–H and O–H groups in total. The number of benzene rings is 2. The largest absolute Gasteiger partial charge is 0.368 e. The molecule has 0 unspecified atom stereocenters. The summed E-state index contributed by atoms with van der Waals surface area (Å²) in [4.78, 5) is 30.1. The summed E-state index contributed by atoms with van der Waals surface area (Å²) < 4.78 is 0. The molecule has 30 heavy (non-hydrogen) atoms. The molecule has 2 aromatic rings. The van der Waals surface area contributed by atoms with E-state index in [1.54, 1.807) is 24.3 Å². The number of hydrogen-bond acceptors (Lipinski definition) is 3. The van der Waals surface area contributed by atoms with E-state index < -0.39 is 6.04 Å². The van der Waals surface area contributed by atoms with E-state index in [-0.39, 0.29) is 17.7 Å². The van der Waals surface area contributed by atoms with E-state index in [2.05, 4.69) is 43.1 Å². The molecule has 6 heteroatoms. The van der Waals surface area contributed by atoms with E-state index in [1.165, 1.54) is 11.3 Å². The molecule has 1 atom stereocenters. The van der Waals surface area contributed by atoms with E-state index in [9.17, 15) is 9.59 Å². The van der Waals surface area contributed by atoms with Gasteiger partial charge >= 0.3 is 0 Å². The summed E-state index contributed by atoms with van der Waals surface area (Å²) in [5.74, 6) is 0.0392. The third-order valence-electron chi connectivity index (χ3n) is 5.46. The van der Waals surface area contributed by atoms with Crippen molar-refractivity contribution in [3.63, 3.8) is 0 Å². The van der Waals surface area contributed by atoms with Crippen molar-refractivity contribution in [2.45, 2.75) is 33.2 Å². The number of piperazine rings is 1.